The molecule has 0 aliphatic carbocycles. The fraction of sp³-hybridized carbons (Fsp3) is 0.607. The normalized spacial score (nSPS) is 12.5. The Morgan fingerprint density at radius 3 is 2.37 bits per heavy atom. The van der Waals surface area contributed by atoms with Gasteiger partial charge >= 0.3 is 0 Å². The number of rotatable bonds is 21. The SMILES string of the molecule is CCCCS(=O)(=O)Nc1ccc(CCCCOCCCCCCNCC(O)c2ccc(O)c(CO)n2)cc1. The number of sulfonamides is 1. The molecule has 1 atom stereocenters. The lowest BCUT2D eigenvalue weighted by Gasteiger charge is -2.13. The van der Waals surface area contributed by atoms with Gasteiger partial charge in [-0.15, -0.1) is 0 Å². The second kappa shape index (κ2) is 18.1. The molecule has 38 heavy (non-hydrogen) atoms. The van der Waals surface area contributed by atoms with Crippen molar-refractivity contribution < 1.29 is 28.5 Å². The number of unbranched alkanes of at least 4 members (excludes halogenated alkanes) is 5. The molecule has 0 saturated carbocycles. The zero-order valence-electron chi connectivity index (χ0n) is 22.6. The van der Waals surface area contributed by atoms with Gasteiger partial charge in [-0.1, -0.05) is 38.3 Å². The molecule has 0 bridgehead atoms. The highest BCUT2D eigenvalue weighted by molar-refractivity contribution is 7.92. The van der Waals surface area contributed by atoms with E-state index in [0.29, 0.717) is 24.3 Å². The molecule has 2 aromatic rings. The fourth-order valence-electron chi connectivity index (χ4n) is 3.90. The Morgan fingerprint density at radius 2 is 1.66 bits per heavy atom. The Morgan fingerprint density at radius 1 is 0.947 bits per heavy atom. The van der Waals surface area contributed by atoms with E-state index in [1.165, 1.54) is 11.6 Å². The van der Waals surface area contributed by atoms with E-state index < -0.39 is 16.1 Å². The lowest BCUT2D eigenvalue weighted by molar-refractivity contribution is 0.126. The van der Waals surface area contributed by atoms with Gasteiger partial charge in [0.15, 0.2) is 0 Å². The molecule has 0 aliphatic heterocycles. The fourth-order valence-corrected chi connectivity index (χ4v) is 5.17. The average molecular weight is 552 g/mol. The molecule has 214 valence electrons. The summed E-state index contributed by atoms with van der Waals surface area (Å²) in [6.45, 7) is 4.29. The first kappa shape index (κ1) is 32.0. The van der Waals surface area contributed by atoms with E-state index >= 15 is 0 Å². The molecule has 0 spiro atoms. The molecule has 1 aromatic heterocycles. The van der Waals surface area contributed by atoms with Crippen LogP contribution in [0.4, 0.5) is 5.69 Å². The molecule has 10 heteroatoms. The molecular weight excluding hydrogens is 506 g/mol. The Labute approximate surface area is 227 Å². The minimum Gasteiger partial charge on any atom is -0.506 e. The Kier molecular flexibility index (Phi) is 15.2. The van der Waals surface area contributed by atoms with Crippen LogP contribution in [0.2, 0.25) is 0 Å². The number of aliphatic hydroxyl groups excluding tert-OH is 2. The number of aromatic nitrogens is 1. The lowest BCUT2D eigenvalue weighted by Crippen LogP contribution is -2.23. The smallest absolute Gasteiger partial charge is 0.232 e. The van der Waals surface area contributed by atoms with E-state index in [-0.39, 0.29) is 23.8 Å². The van der Waals surface area contributed by atoms with Gasteiger partial charge in [0.25, 0.3) is 0 Å². The number of benzene rings is 1. The number of pyridine rings is 1. The summed E-state index contributed by atoms with van der Waals surface area (Å²) in [5.74, 6) is 0.0811. The van der Waals surface area contributed by atoms with Gasteiger partial charge in [-0.2, -0.15) is 0 Å². The highest BCUT2D eigenvalue weighted by atomic mass is 32.2. The van der Waals surface area contributed by atoms with E-state index in [4.69, 9.17) is 9.84 Å². The maximum Gasteiger partial charge on any atom is 0.232 e. The van der Waals surface area contributed by atoms with Crippen molar-refractivity contribution in [2.75, 3.05) is 36.8 Å². The van der Waals surface area contributed by atoms with Gasteiger partial charge in [0.1, 0.15) is 17.5 Å². The number of anilines is 1. The van der Waals surface area contributed by atoms with Crippen LogP contribution in [0, 0.1) is 0 Å². The minimum atomic E-state index is -3.26. The molecule has 0 aliphatic rings. The van der Waals surface area contributed by atoms with Gasteiger partial charge in [-0.3, -0.25) is 4.72 Å². The maximum absolute atomic E-state index is 12.0. The van der Waals surface area contributed by atoms with E-state index in [2.05, 4.69) is 15.0 Å². The number of nitrogens with one attached hydrogen (secondary N) is 2. The topological polar surface area (TPSA) is 141 Å². The van der Waals surface area contributed by atoms with Crippen molar-refractivity contribution in [2.45, 2.75) is 77.4 Å². The third-order valence-corrected chi connectivity index (χ3v) is 7.56. The number of aliphatic hydroxyl groups is 2. The Bertz CT molecular complexity index is 1020. The predicted molar refractivity (Wildman–Crippen MR) is 151 cm³/mol. The molecule has 5 N–H and O–H groups in total. The number of ether oxygens (including phenoxy) is 1. The molecule has 1 heterocycles. The van der Waals surface area contributed by atoms with Crippen LogP contribution >= 0.6 is 0 Å². The molecule has 0 radical (unpaired) electrons. The van der Waals surface area contributed by atoms with Gasteiger partial charge in [0.2, 0.25) is 10.0 Å². The number of nitrogens with zero attached hydrogens (tertiary/aromatic N) is 1. The summed E-state index contributed by atoms with van der Waals surface area (Å²) in [6.07, 6.45) is 7.91. The molecule has 0 saturated heterocycles. The number of aryl methyl sites for hydroxylation is 1. The molecule has 2 rings (SSSR count). The van der Waals surface area contributed by atoms with E-state index in [1.54, 1.807) is 6.07 Å². The summed E-state index contributed by atoms with van der Waals surface area (Å²) in [5.41, 5.74) is 2.40. The average Bonchev–Trinajstić information content (AvgIpc) is 2.91. The molecule has 1 aromatic carbocycles. The maximum atomic E-state index is 12.0. The van der Waals surface area contributed by atoms with Crippen LogP contribution in [0.3, 0.4) is 0 Å². The van der Waals surface area contributed by atoms with Crippen LogP contribution in [0.25, 0.3) is 0 Å². The first-order chi connectivity index (χ1) is 18.3. The van der Waals surface area contributed by atoms with Gasteiger partial charge in [-0.25, -0.2) is 13.4 Å². The van der Waals surface area contributed by atoms with E-state index in [1.807, 2.05) is 31.2 Å². The van der Waals surface area contributed by atoms with Crippen LogP contribution in [0.5, 0.6) is 5.75 Å². The van der Waals surface area contributed by atoms with Crippen LogP contribution < -0.4 is 10.0 Å². The van der Waals surface area contributed by atoms with E-state index in [9.17, 15) is 18.6 Å². The van der Waals surface area contributed by atoms with Gasteiger partial charge in [-0.05, 0) is 74.9 Å². The van der Waals surface area contributed by atoms with Gasteiger partial charge in [0, 0.05) is 25.4 Å². The van der Waals surface area contributed by atoms with Crippen molar-refractivity contribution in [3.63, 3.8) is 0 Å². The molecular formula is C28H45N3O6S. The van der Waals surface area contributed by atoms with Crippen LogP contribution in [-0.2, 0) is 27.8 Å². The summed E-state index contributed by atoms with van der Waals surface area (Å²) in [5, 5.41) is 32.1. The van der Waals surface area contributed by atoms with Crippen molar-refractivity contribution >= 4 is 15.7 Å². The van der Waals surface area contributed by atoms with Crippen molar-refractivity contribution in [3.8, 4) is 5.75 Å². The minimum absolute atomic E-state index is 0.0741. The van der Waals surface area contributed by atoms with Crippen molar-refractivity contribution in [1.29, 1.82) is 0 Å². The number of hydrogen-bond donors (Lipinski definition) is 5. The summed E-state index contributed by atoms with van der Waals surface area (Å²) in [6, 6.07) is 10.6. The van der Waals surface area contributed by atoms with E-state index in [0.717, 1.165) is 71.1 Å². The summed E-state index contributed by atoms with van der Waals surface area (Å²) < 4.78 is 32.3. The molecule has 1 unspecified atom stereocenters. The zero-order chi connectivity index (χ0) is 27.6. The predicted octanol–water partition coefficient (Wildman–Crippen LogP) is 4.04. The van der Waals surface area contributed by atoms with Crippen molar-refractivity contribution in [2.24, 2.45) is 0 Å². The second-order valence-electron chi connectivity index (χ2n) is 9.54. The first-order valence-electron chi connectivity index (χ1n) is 13.7. The molecule has 0 fully saturated rings. The third-order valence-electron chi connectivity index (χ3n) is 6.19. The lowest BCUT2D eigenvalue weighted by atomic mass is 10.1. The van der Waals surface area contributed by atoms with Gasteiger partial charge in [0.05, 0.1) is 18.1 Å². The largest absolute Gasteiger partial charge is 0.506 e. The number of hydrogen-bond acceptors (Lipinski definition) is 8. The summed E-state index contributed by atoms with van der Waals surface area (Å²) in [7, 11) is -3.26. The monoisotopic (exact) mass is 551 g/mol. The molecule has 9 nitrogen and oxygen atoms in total. The highest BCUT2D eigenvalue weighted by Crippen LogP contribution is 2.18. The summed E-state index contributed by atoms with van der Waals surface area (Å²) >= 11 is 0. The first-order valence-corrected chi connectivity index (χ1v) is 15.4. The third kappa shape index (κ3) is 13.0. The van der Waals surface area contributed by atoms with Crippen molar-refractivity contribution in [1.82, 2.24) is 10.3 Å². The van der Waals surface area contributed by atoms with Gasteiger partial charge < -0.3 is 25.4 Å². The quantitative estimate of drug-likeness (QED) is 0.146. The number of aromatic hydroxyl groups is 1. The Balaban J connectivity index is 1.43. The highest BCUT2D eigenvalue weighted by Gasteiger charge is 2.12. The standard InChI is InChI=1S/C28H45N3O6S/c1-2-3-20-38(35,36)31-24-13-11-23(12-14-24)10-6-9-19-37-18-8-5-4-7-17-29-21-28(34)25-15-16-27(33)26(22-32)30-25/h11-16,28-29,31-34H,2-10,17-22H2,1H3. The molecule has 0 amide bonds. The van der Waals surface area contributed by atoms with Crippen LogP contribution in [0.1, 0.15) is 81.3 Å². The second-order valence-corrected chi connectivity index (χ2v) is 11.4. The van der Waals surface area contributed by atoms with Crippen molar-refractivity contribution in [3.05, 3.63) is 53.3 Å². The summed E-state index contributed by atoms with van der Waals surface area (Å²) in [4.78, 5) is 4.08. The van der Waals surface area contributed by atoms with Crippen LogP contribution in [-0.4, -0.2) is 60.8 Å². The zero-order valence-corrected chi connectivity index (χ0v) is 23.4. The van der Waals surface area contributed by atoms with Crippen LogP contribution in [0.15, 0.2) is 36.4 Å². The Hall–Kier alpha value is -2.24.